The number of fused-ring (bicyclic) bond motifs is 10. The minimum Gasteiger partial charge on any atom is -0.348 e. The molecule has 4 aromatic rings. The minimum absolute atomic E-state index is 0. The molecule has 3 heterocycles. The number of hydrogen-bond donors (Lipinski definition) is 1. The summed E-state index contributed by atoms with van der Waals surface area (Å²) in [4.78, 5) is 13.0. The van der Waals surface area contributed by atoms with E-state index in [-0.39, 0.29) is 7.33 Å². The molecule has 0 atom stereocenters. The van der Waals surface area contributed by atoms with E-state index in [1.165, 1.54) is 27.4 Å². The molecule has 0 radical (unpaired) electrons. The van der Waals surface area contributed by atoms with Crippen molar-refractivity contribution < 1.29 is 6.22 Å². The van der Waals surface area contributed by atoms with Gasteiger partial charge in [0.2, 0.25) is 0 Å². The highest BCUT2D eigenvalue weighted by Gasteiger charge is 2.35. The van der Waals surface area contributed by atoms with Crippen LogP contribution in [0.4, 0.5) is 0 Å². The number of hydrogen-bond acceptors (Lipinski definition) is 2. The molecule has 2 aromatic carbocycles. The van der Waals surface area contributed by atoms with Crippen molar-refractivity contribution in [3.63, 3.8) is 0 Å². The molecular formula is C24H26N4O. The summed E-state index contributed by atoms with van der Waals surface area (Å²) in [7, 11) is 1.96. The van der Waals surface area contributed by atoms with Gasteiger partial charge in [-0.15, -0.1) is 0 Å². The largest absolute Gasteiger partial charge is 0.348 e. The Morgan fingerprint density at radius 2 is 2.00 bits per heavy atom. The SMILES string of the molecule is CC(C)Cn1c2ccccc2c2c3c(c4c(c21)CCc1nn(C)cc1-4)C(=O)NC3.[HH]. The van der Waals surface area contributed by atoms with Crippen LogP contribution in [0.15, 0.2) is 30.5 Å². The number of carbonyl (C=O) groups excluding carboxylic acids is 1. The number of para-hydroxylation sites is 1. The zero-order chi connectivity index (χ0) is 19.9. The Kier molecular flexibility index (Phi) is 3.32. The first-order valence-electron chi connectivity index (χ1n) is 10.4. The van der Waals surface area contributed by atoms with Crippen molar-refractivity contribution in [1.82, 2.24) is 19.7 Å². The first kappa shape index (κ1) is 16.8. The Hall–Kier alpha value is -3.08. The van der Waals surface area contributed by atoms with Crippen molar-refractivity contribution in [3.8, 4) is 11.1 Å². The molecule has 5 heteroatoms. The molecule has 1 N–H and O–H groups in total. The van der Waals surface area contributed by atoms with Gasteiger partial charge in [-0.05, 0) is 36.0 Å². The van der Waals surface area contributed by atoms with Gasteiger partial charge < -0.3 is 9.88 Å². The quantitative estimate of drug-likeness (QED) is 0.554. The summed E-state index contributed by atoms with van der Waals surface area (Å²) in [5.74, 6) is 0.589. The molecule has 2 aliphatic rings. The normalized spacial score (nSPS) is 15.1. The van der Waals surface area contributed by atoms with Crippen molar-refractivity contribution in [2.75, 3.05) is 0 Å². The van der Waals surface area contributed by atoms with Crippen LogP contribution in [0.5, 0.6) is 0 Å². The van der Waals surface area contributed by atoms with E-state index in [2.05, 4.69) is 59.3 Å². The zero-order valence-electron chi connectivity index (χ0n) is 17.0. The molecule has 5 nitrogen and oxygen atoms in total. The van der Waals surface area contributed by atoms with Gasteiger partial charge in [0.05, 0.1) is 16.8 Å². The Labute approximate surface area is 170 Å². The van der Waals surface area contributed by atoms with Gasteiger partial charge in [0.15, 0.2) is 0 Å². The lowest BCUT2D eigenvalue weighted by molar-refractivity contribution is 0.0966. The number of nitrogens with one attached hydrogen (secondary N) is 1. The van der Waals surface area contributed by atoms with Gasteiger partial charge in [0.25, 0.3) is 5.91 Å². The number of aromatic nitrogens is 3. The van der Waals surface area contributed by atoms with Crippen LogP contribution in [0.25, 0.3) is 32.9 Å². The van der Waals surface area contributed by atoms with Crippen LogP contribution in [-0.4, -0.2) is 20.3 Å². The fraction of sp³-hybridized carbons (Fsp3) is 0.333. The lowest BCUT2D eigenvalue weighted by atomic mass is 9.82. The fourth-order valence-electron chi connectivity index (χ4n) is 5.42. The van der Waals surface area contributed by atoms with Crippen LogP contribution >= 0.6 is 0 Å². The summed E-state index contributed by atoms with van der Waals surface area (Å²) < 4.78 is 4.38. The van der Waals surface area contributed by atoms with E-state index in [0.717, 1.165) is 47.3 Å². The van der Waals surface area contributed by atoms with Crippen LogP contribution in [0.2, 0.25) is 0 Å². The lowest BCUT2D eigenvalue weighted by Gasteiger charge is -2.22. The Balaban J connectivity index is 0.00000193. The zero-order valence-corrected chi connectivity index (χ0v) is 17.0. The Bertz CT molecular complexity index is 1340. The van der Waals surface area contributed by atoms with Crippen molar-refractivity contribution in [1.29, 1.82) is 0 Å². The average molecular weight is 386 g/mol. The van der Waals surface area contributed by atoms with Gasteiger partial charge in [-0.1, -0.05) is 32.0 Å². The van der Waals surface area contributed by atoms with Gasteiger partial charge in [0.1, 0.15) is 0 Å². The van der Waals surface area contributed by atoms with Gasteiger partial charge >= 0.3 is 0 Å². The van der Waals surface area contributed by atoms with E-state index in [1.807, 2.05) is 11.7 Å². The summed E-state index contributed by atoms with van der Waals surface area (Å²) in [6.07, 6.45) is 3.92. The number of amides is 1. The third-order valence-corrected chi connectivity index (χ3v) is 6.40. The summed E-state index contributed by atoms with van der Waals surface area (Å²) in [6, 6.07) is 8.66. The molecule has 148 valence electrons. The van der Waals surface area contributed by atoms with Crippen LogP contribution in [0.3, 0.4) is 0 Å². The van der Waals surface area contributed by atoms with E-state index in [1.54, 1.807) is 0 Å². The van der Waals surface area contributed by atoms with E-state index < -0.39 is 0 Å². The first-order chi connectivity index (χ1) is 14.0. The standard InChI is InChI=1S/C24H24N4O.H2/c1-13(2)11-28-19-7-5-4-6-14(19)21-16-10-25-24(29)22(16)20-15(23(21)28)8-9-18-17(20)12-27(3)26-18;/h4-7,12-13H,8-11H2,1-3H3,(H,25,29);1H. The third-order valence-electron chi connectivity index (χ3n) is 6.40. The molecule has 6 rings (SSSR count). The van der Waals surface area contributed by atoms with E-state index >= 15 is 0 Å². The molecule has 0 unspecified atom stereocenters. The second-order valence-electron chi connectivity index (χ2n) is 8.80. The topological polar surface area (TPSA) is 51.9 Å². The number of aryl methyl sites for hydroxylation is 3. The van der Waals surface area contributed by atoms with E-state index in [9.17, 15) is 4.79 Å². The smallest absolute Gasteiger partial charge is 0.252 e. The van der Waals surface area contributed by atoms with E-state index in [4.69, 9.17) is 0 Å². The number of nitrogens with zero attached hydrogens (tertiary/aromatic N) is 3. The summed E-state index contributed by atoms with van der Waals surface area (Å²) in [5, 5.41) is 10.3. The van der Waals surface area contributed by atoms with Gasteiger partial charge in [-0.25, -0.2) is 0 Å². The highest BCUT2D eigenvalue weighted by Crippen LogP contribution is 2.46. The molecule has 1 aliphatic heterocycles. The lowest BCUT2D eigenvalue weighted by Crippen LogP contribution is -2.15. The van der Waals surface area contributed by atoms with Crippen molar-refractivity contribution in [2.24, 2.45) is 13.0 Å². The maximum Gasteiger partial charge on any atom is 0.252 e. The van der Waals surface area contributed by atoms with Gasteiger partial charge in [-0.2, -0.15) is 5.10 Å². The van der Waals surface area contributed by atoms with Gasteiger partial charge in [0, 0.05) is 55.2 Å². The summed E-state index contributed by atoms with van der Waals surface area (Å²) in [5.41, 5.74) is 9.27. The van der Waals surface area contributed by atoms with Crippen LogP contribution < -0.4 is 5.32 Å². The number of rotatable bonds is 2. The second kappa shape index (κ2) is 5.72. The van der Waals surface area contributed by atoms with Crippen LogP contribution in [0.1, 0.15) is 42.5 Å². The fourth-order valence-corrected chi connectivity index (χ4v) is 5.42. The average Bonchev–Trinajstić information content (AvgIpc) is 3.35. The Morgan fingerprint density at radius 1 is 1.17 bits per heavy atom. The van der Waals surface area contributed by atoms with E-state index in [0.29, 0.717) is 12.5 Å². The van der Waals surface area contributed by atoms with Gasteiger partial charge in [-0.3, -0.25) is 9.48 Å². The molecule has 0 saturated carbocycles. The minimum atomic E-state index is 0. The summed E-state index contributed by atoms with van der Waals surface area (Å²) in [6.45, 7) is 6.11. The van der Waals surface area contributed by atoms with Crippen LogP contribution in [-0.2, 0) is 33.0 Å². The molecular weight excluding hydrogens is 360 g/mol. The van der Waals surface area contributed by atoms with Crippen molar-refractivity contribution >= 4 is 27.7 Å². The molecule has 0 spiro atoms. The van der Waals surface area contributed by atoms with Crippen molar-refractivity contribution in [2.45, 2.75) is 39.8 Å². The molecule has 1 amide bonds. The second-order valence-corrected chi connectivity index (χ2v) is 8.80. The van der Waals surface area contributed by atoms with Crippen molar-refractivity contribution in [3.05, 3.63) is 52.8 Å². The monoisotopic (exact) mass is 386 g/mol. The Morgan fingerprint density at radius 3 is 2.83 bits per heavy atom. The third kappa shape index (κ3) is 2.16. The number of carbonyl (C=O) groups is 1. The highest BCUT2D eigenvalue weighted by atomic mass is 16.1. The maximum absolute atomic E-state index is 13.0. The maximum atomic E-state index is 13.0. The predicted octanol–water partition coefficient (Wildman–Crippen LogP) is 4.44. The molecule has 0 saturated heterocycles. The number of benzene rings is 2. The molecule has 0 bridgehead atoms. The molecule has 1 aliphatic carbocycles. The van der Waals surface area contributed by atoms with Crippen LogP contribution in [0, 0.1) is 5.92 Å². The molecule has 29 heavy (non-hydrogen) atoms. The predicted molar refractivity (Wildman–Crippen MR) is 117 cm³/mol. The first-order valence-corrected chi connectivity index (χ1v) is 10.4. The molecule has 2 aromatic heterocycles. The molecule has 0 fully saturated rings. The highest BCUT2D eigenvalue weighted by molar-refractivity contribution is 6.19. The summed E-state index contributed by atoms with van der Waals surface area (Å²) >= 11 is 0.